The smallest absolute Gasteiger partial charge is 0.109 e. The second-order valence-electron chi connectivity index (χ2n) is 3.19. The maximum absolute atomic E-state index is 10.1. The molecule has 0 heterocycles. The van der Waals surface area contributed by atoms with Crippen LogP contribution in [-0.4, -0.2) is 11.5 Å². The summed E-state index contributed by atoms with van der Waals surface area (Å²) in [5, 5.41) is 0. The van der Waals surface area contributed by atoms with Gasteiger partial charge in [-0.05, 0) is 0 Å². The van der Waals surface area contributed by atoms with E-state index in [-0.39, 0.29) is 32.6 Å². The predicted molar refractivity (Wildman–Crippen MR) is 78.1 cm³/mol. The molecule has 0 saturated heterocycles. The van der Waals surface area contributed by atoms with Gasteiger partial charge in [0.2, 0.25) is 0 Å². The third kappa shape index (κ3) is 17.1. The van der Waals surface area contributed by atoms with E-state index in [1.807, 2.05) is 67.6 Å². The van der Waals surface area contributed by atoms with E-state index < -0.39 is 0 Å². The number of Topliss-reactive ketones (excluding diaryl/α,β-unsaturated/α-hetero) is 1. The second kappa shape index (κ2) is 17.1. The first kappa shape index (κ1) is 20.5. The van der Waals surface area contributed by atoms with Crippen molar-refractivity contribution < 1.29 is 25.9 Å². The Morgan fingerprint density at radius 1 is 0.895 bits per heavy atom. The SMILES string of the molecule is CCC(=O)C[S-].[W].[c-]1ccccc1.[c-]1ccccc1. The number of carbonyl (C=O) groups excluding carboxylic acids is 1. The fourth-order valence-electron chi connectivity index (χ4n) is 0.786. The molecule has 19 heavy (non-hydrogen) atoms. The van der Waals surface area contributed by atoms with Gasteiger partial charge in [-0.1, -0.05) is 6.92 Å². The molecule has 1 nitrogen and oxygen atoms in total. The molecular formula is C16H17OSW-3. The maximum atomic E-state index is 10.1. The second-order valence-corrected chi connectivity index (χ2v) is 3.48. The fraction of sp³-hybridized carbons (Fsp3) is 0.188. The fourth-order valence-corrected chi connectivity index (χ4v) is 0.990. The molecule has 0 bridgehead atoms. The van der Waals surface area contributed by atoms with E-state index in [2.05, 4.69) is 24.8 Å². The van der Waals surface area contributed by atoms with Gasteiger partial charge in [0.1, 0.15) is 5.78 Å². The van der Waals surface area contributed by atoms with Crippen molar-refractivity contribution in [1.82, 2.24) is 0 Å². The van der Waals surface area contributed by atoms with Crippen LogP contribution >= 0.6 is 0 Å². The summed E-state index contributed by atoms with van der Waals surface area (Å²) in [6.45, 7) is 1.81. The van der Waals surface area contributed by atoms with Gasteiger partial charge in [-0.3, -0.25) is 0 Å². The molecule has 0 radical (unpaired) electrons. The van der Waals surface area contributed by atoms with E-state index in [0.29, 0.717) is 6.42 Å². The van der Waals surface area contributed by atoms with Gasteiger partial charge < -0.3 is 17.4 Å². The summed E-state index contributed by atoms with van der Waals surface area (Å²) < 4.78 is 0. The molecule has 0 saturated carbocycles. The number of benzene rings is 2. The Labute approximate surface area is 136 Å². The summed E-state index contributed by atoms with van der Waals surface area (Å²) in [4.78, 5) is 10.1. The van der Waals surface area contributed by atoms with Gasteiger partial charge >= 0.3 is 0 Å². The third-order valence-electron chi connectivity index (χ3n) is 1.77. The number of hydrogen-bond acceptors (Lipinski definition) is 2. The van der Waals surface area contributed by atoms with Crippen LogP contribution in [0.2, 0.25) is 0 Å². The van der Waals surface area contributed by atoms with E-state index >= 15 is 0 Å². The normalized spacial score (nSPS) is 7.68. The molecule has 2 rings (SSSR count). The van der Waals surface area contributed by atoms with Crippen LogP contribution in [0.5, 0.6) is 0 Å². The Bertz CT molecular complexity index is 288. The minimum atomic E-state index is 0. The summed E-state index contributed by atoms with van der Waals surface area (Å²) in [6, 6.07) is 25.0. The van der Waals surface area contributed by atoms with Crippen molar-refractivity contribution in [3.8, 4) is 0 Å². The molecule has 0 aliphatic rings. The standard InChI is InChI=1S/2C6H5.C4H8OS.W/c2*1-2-4-6-5-3-1;1-2-4(5)3-6;/h2*1-5H;6H,2-3H2,1H3;/q2*-1;;/p-1. The number of hydrogen-bond donors (Lipinski definition) is 0. The molecule has 0 aliphatic heterocycles. The molecule has 0 aliphatic carbocycles. The molecular weight excluding hydrogens is 424 g/mol. The van der Waals surface area contributed by atoms with Crippen LogP contribution in [0.3, 0.4) is 0 Å². The summed E-state index contributed by atoms with van der Waals surface area (Å²) >= 11 is 4.42. The first-order chi connectivity index (χ1) is 8.81. The quantitative estimate of drug-likeness (QED) is 0.525. The van der Waals surface area contributed by atoms with E-state index in [1.165, 1.54) is 0 Å². The molecule has 2 aromatic rings. The van der Waals surface area contributed by atoms with Gasteiger partial charge in [-0.2, -0.15) is 72.8 Å². The van der Waals surface area contributed by atoms with E-state index in [9.17, 15) is 4.79 Å². The third-order valence-corrected chi connectivity index (χ3v) is 2.09. The zero-order valence-electron chi connectivity index (χ0n) is 10.9. The number of rotatable bonds is 2. The molecule has 0 spiro atoms. The van der Waals surface area contributed by atoms with Crippen LogP contribution in [-0.2, 0) is 38.5 Å². The van der Waals surface area contributed by atoms with E-state index in [0.717, 1.165) is 0 Å². The van der Waals surface area contributed by atoms with Gasteiger partial charge in [-0.25, -0.2) is 0 Å². The van der Waals surface area contributed by atoms with Crippen molar-refractivity contribution >= 4 is 18.4 Å². The topological polar surface area (TPSA) is 17.1 Å². The zero-order chi connectivity index (χ0) is 13.5. The van der Waals surface area contributed by atoms with Crippen LogP contribution < -0.4 is 0 Å². The Hall–Kier alpha value is -0.852. The molecule has 2 aromatic carbocycles. The Kier molecular flexibility index (Phi) is 18.5. The van der Waals surface area contributed by atoms with Gasteiger partial charge in [-0.15, -0.1) is 5.75 Å². The van der Waals surface area contributed by atoms with Crippen molar-refractivity contribution in [1.29, 1.82) is 0 Å². The summed E-state index contributed by atoms with van der Waals surface area (Å²) in [5.74, 6) is 0.432. The first-order valence-electron chi connectivity index (χ1n) is 5.73. The Morgan fingerprint density at radius 3 is 1.32 bits per heavy atom. The van der Waals surface area contributed by atoms with Gasteiger partial charge in [0, 0.05) is 27.5 Å². The van der Waals surface area contributed by atoms with Crippen LogP contribution in [0.15, 0.2) is 60.7 Å². The summed E-state index contributed by atoms with van der Waals surface area (Å²) in [6.07, 6.45) is 0.587. The largest absolute Gasteiger partial charge is 0.785 e. The average molecular weight is 441 g/mol. The molecule has 3 heteroatoms. The van der Waals surface area contributed by atoms with Gasteiger partial charge in [0.15, 0.2) is 0 Å². The number of ketones is 1. The van der Waals surface area contributed by atoms with Crippen molar-refractivity contribution in [2.75, 3.05) is 5.75 Å². The Balaban J connectivity index is 0. The number of carbonyl (C=O) groups is 1. The molecule has 0 atom stereocenters. The monoisotopic (exact) mass is 441 g/mol. The van der Waals surface area contributed by atoms with Crippen molar-refractivity contribution in [2.45, 2.75) is 13.3 Å². The molecule has 0 aromatic heterocycles. The Morgan fingerprint density at radius 2 is 1.26 bits per heavy atom. The molecule has 0 fully saturated rings. The molecule has 102 valence electrons. The van der Waals surface area contributed by atoms with Crippen LogP contribution in [0, 0.1) is 12.1 Å². The minimum absolute atomic E-state index is 0. The average Bonchev–Trinajstić information content (AvgIpc) is 2.51. The molecule has 0 N–H and O–H groups in total. The van der Waals surface area contributed by atoms with Crippen LogP contribution in [0.1, 0.15) is 13.3 Å². The maximum Gasteiger partial charge on any atom is 0.109 e. The minimum Gasteiger partial charge on any atom is -0.785 e. The zero-order valence-corrected chi connectivity index (χ0v) is 14.7. The van der Waals surface area contributed by atoms with Crippen molar-refractivity contribution in [3.05, 3.63) is 72.8 Å². The van der Waals surface area contributed by atoms with E-state index in [4.69, 9.17) is 0 Å². The summed E-state index contributed by atoms with van der Waals surface area (Å²) in [7, 11) is 0. The molecule has 0 unspecified atom stereocenters. The molecule has 0 amide bonds. The van der Waals surface area contributed by atoms with Crippen molar-refractivity contribution in [2.24, 2.45) is 0 Å². The van der Waals surface area contributed by atoms with Gasteiger partial charge in [0.05, 0.1) is 0 Å². The van der Waals surface area contributed by atoms with Gasteiger partial charge in [0.25, 0.3) is 0 Å². The predicted octanol–water partition coefficient (Wildman–Crippen LogP) is 3.48. The van der Waals surface area contributed by atoms with Crippen LogP contribution in [0.4, 0.5) is 0 Å². The summed E-state index contributed by atoms with van der Waals surface area (Å²) in [5.41, 5.74) is 0. The van der Waals surface area contributed by atoms with Crippen LogP contribution in [0.25, 0.3) is 0 Å². The first-order valence-corrected chi connectivity index (χ1v) is 6.31. The van der Waals surface area contributed by atoms with E-state index in [1.54, 1.807) is 0 Å². The van der Waals surface area contributed by atoms with Crippen molar-refractivity contribution in [3.63, 3.8) is 0 Å².